The highest BCUT2D eigenvalue weighted by Gasteiger charge is 2.14. The molecule has 4 aromatic heterocycles. The highest BCUT2D eigenvalue weighted by Crippen LogP contribution is 2.26. The summed E-state index contributed by atoms with van der Waals surface area (Å²) in [7, 11) is 0. The smallest absolute Gasteiger partial charge is 0.200 e. The molecule has 7 nitrogen and oxygen atoms in total. The van der Waals surface area contributed by atoms with Gasteiger partial charge in [0.1, 0.15) is 17.0 Å². The van der Waals surface area contributed by atoms with Gasteiger partial charge in [0, 0.05) is 36.9 Å². The Morgan fingerprint density at radius 3 is 2.74 bits per heavy atom. The van der Waals surface area contributed by atoms with Gasteiger partial charge in [-0.2, -0.15) is 0 Å². The Morgan fingerprint density at radius 1 is 1.04 bits per heavy atom. The number of rotatable bonds is 6. The van der Waals surface area contributed by atoms with Crippen molar-refractivity contribution in [1.82, 2.24) is 24.6 Å². The van der Waals surface area contributed by atoms with Gasteiger partial charge in [0.25, 0.3) is 0 Å². The van der Waals surface area contributed by atoms with Gasteiger partial charge in [-0.25, -0.2) is 14.5 Å². The Morgan fingerprint density at radius 2 is 1.96 bits per heavy atom. The van der Waals surface area contributed by atoms with E-state index in [1.165, 1.54) is 5.56 Å². The quantitative estimate of drug-likeness (QED) is 0.543. The van der Waals surface area contributed by atoms with Crippen molar-refractivity contribution in [3.8, 4) is 11.5 Å². The van der Waals surface area contributed by atoms with Crippen LogP contribution in [0.3, 0.4) is 0 Å². The topological polar surface area (TPSA) is 80.0 Å². The molecule has 2 N–H and O–H groups in total. The summed E-state index contributed by atoms with van der Waals surface area (Å²) in [5.41, 5.74) is 3.80. The van der Waals surface area contributed by atoms with Crippen LogP contribution in [0.25, 0.3) is 17.0 Å². The van der Waals surface area contributed by atoms with E-state index in [1.807, 2.05) is 48.0 Å². The minimum Gasteiger partial charge on any atom is -0.370 e. The second kappa shape index (κ2) is 7.41. The van der Waals surface area contributed by atoms with Gasteiger partial charge in [0.15, 0.2) is 5.82 Å². The van der Waals surface area contributed by atoms with Gasteiger partial charge in [-0.05, 0) is 43.2 Å². The number of anilines is 3. The van der Waals surface area contributed by atoms with Gasteiger partial charge in [-0.1, -0.05) is 13.0 Å². The predicted octanol–water partition coefficient (Wildman–Crippen LogP) is 3.92. The number of hydrogen-bond acceptors (Lipinski definition) is 6. The van der Waals surface area contributed by atoms with E-state index in [0.717, 1.165) is 41.5 Å². The summed E-state index contributed by atoms with van der Waals surface area (Å²) in [6.07, 6.45) is 6.38. The molecule has 4 heterocycles. The van der Waals surface area contributed by atoms with E-state index >= 15 is 0 Å². The molecule has 0 amide bonds. The first-order valence-electron chi connectivity index (χ1n) is 9.05. The van der Waals surface area contributed by atoms with Crippen LogP contribution in [0.15, 0.2) is 55.0 Å². The van der Waals surface area contributed by atoms with Crippen LogP contribution in [0.4, 0.5) is 17.3 Å². The van der Waals surface area contributed by atoms with Crippen molar-refractivity contribution >= 4 is 22.8 Å². The molecule has 7 heteroatoms. The van der Waals surface area contributed by atoms with Crippen molar-refractivity contribution in [3.63, 3.8) is 0 Å². The maximum Gasteiger partial charge on any atom is 0.200 e. The fourth-order valence-corrected chi connectivity index (χ4v) is 2.99. The summed E-state index contributed by atoms with van der Waals surface area (Å²) < 4.78 is 1.87. The van der Waals surface area contributed by atoms with Crippen molar-refractivity contribution in [2.24, 2.45) is 0 Å². The highest BCUT2D eigenvalue weighted by atomic mass is 15.3. The van der Waals surface area contributed by atoms with E-state index in [-0.39, 0.29) is 0 Å². The maximum absolute atomic E-state index is 4.78. The van der Waals surface area contributed by atoms with Crippen LogP contribution in [0.5, 0.6) is 0 Å². The Balaban J connectivity index is 1.82. The highest BCUT2D eigenvalue weighted by molar-refractivity contribution is 5.78. The summed E-state index contributed by atoms with van der Waals surface area (Å²) >= 11 is 0. The number of nitrogens with one attached hydrogen (secondary N) is 2. The molecule has 0 atom stereocenters. The lowest BCUT2D eigenvalue weighted by Crippen LogP contribution is -2.05. The first-order valence-corrected chi connectivity index (χ1v) is 9.05. The monoisotopic (exact) mass is 359 g/mol. The molecule has 27 heavy (non-hydrogen) atoms. The summed E-state index contributed by atoms with van der Waals surface area (Å²) in [5.74, 6) is 2.15. The summed E-state index contributed by atoms with van der Waals surface area (Å²) in [5, 5.41) is 11.3. The SMILES string of the molecule is CCNc1cc(Nc2nc(-c3ccccn3)nn3ccc(CC)c23)ccn1. The third-order valence-electron chi connectivity index (χ3n) is 4.25. The van der Waals surface area contributed by atoms with E-state index in [9.17, 15) is 0 Å². The molecule has 0 radical (unpaired) electrons. The molecule has 0 bridgehead atoms. The number of hydrogen-bond donors (Lipinski definition) is 2. The van der Waals surface area contributed by atoms with Gasteiger partial charge in [-0.3, -0.25) is 4.98 Å². The fourth-order valence-electron chi connectivity index (χ4n) is 2.99. The molecule has 0 spiro atoms. The molecule has 0 unspecified atom stereocenters. The zero-order valence-electron chi connectivity index (χ0n) is 15.3. The van der Waals surface area contributed by atoms with Crippen molar-refractivity contribution in [3.05, 3.63) is 60.6 Å². The standard InChI is InChI=1S/C20H21N7/c1-3-14-9-12-27-18(14)20(24-15-8-11-23-17(13-15)21-4-2)25-19(26-27)16-7-5-6-10-22-16/h5-13H,3-4H2,1-2H3,(H2,21,23,24,25,26). The van der Waals surface area contributed by atoms with Crippen LogP contribution in [-0.2, 0) is 6.42 Å². The second-order valence-electron chi connectivity index (χ2n) is 6.07. The molecule has 4 aromatic rings. The molecular weight excluding hydrogens is 338 g/mol. The van der Waals surface area contributed by atoms with Crippen LogP contribution in [0.2, 0.25) is 0 Å². The molecule has 0 aliphatic carbocycles. The zero-order chi connectivity index (χ0) is 18.6. The van der Waals surface area contributed by atoms with Crippen LogP contribution >= 0.6 is 0 Å². The largest absolute Gasteiger partial charge is 0.370 e. The van der Waals surface area contributed by atoms with Gasteiger partial charge in [-0.15, -0.1) is 5.10 Å². The third kappa shape index (κ3) is 3.44. The minimum absolute atomic E-state index is 0.574. The molecule has 0 aromatic carbocycles. The molecule has 0 aliphatic heterocycles. The molecule has 4 rings (SSSR count). The van der Waals surface area contributed by atoms with E-state index in [4.69, 9.17) is 4.98 Å². The Kier molecular flexibility index (Phi) is 4.65. The lowest BCUT2D eigenvalue weighted by molar-refractivity contribution is 0.907. The molecule has 0 fully saturated rings. The number of aromatic nitrogens is 5. The first-order chi connectivity index (χ1) is 13.3. The van der Waals surface area contributed by atoms with E-state index < -0.39 is 0 Å². The van der Waals surface area contributed by atoms with Crippen molar-refractivity contribution in [2.75, 3.05) is 17.2 Å². The van der Waals surface area contributed by atoms with E-state index in [0.29, 0.717) is 5.82 Å². The second-order valence-corrected chi connectivity index (χ2v) is 6.07. The molecule has 0 aliphatic rings. The summed E-state index contributed by atoms with van der Waals surface area (Å²) in [6, 6.07) is 11.7. The Hall–Kier alpha value is -3.48. The van der Waals surface area contributed by atoms with Crippen LogP contribution in [0.1, 0.15) is 19.4 Å². The molecular formula is C20H21N7. The van der Waals surface area contributed by atoms with Crippen LogP contribution in [-0.4, -0.2) is 31.1 Å². The Labute approximate surface area is 157 Å². The molecule has 0 saturated carbocycles. The van der Waals surface area contributed by atoms with Crippen LogP contribution in [0, 0.1) is 0 Å². The number of nitrogens with zero attached hydrogens (tertiary/aromatic N) is 5. The van der Waals surface area contributed by atoms with Gasteiger partial charge >= 0.3 is 0 Å². The summed E-state index contributed by atoms with van der Waals surface area (Å²) in [4.78, 5) is 13.5. The lowest BCUT2D eigenvalue weighted by Gasteiger charge is -2.12. The van der Waals surface area contributed by atoms with Gasteiger partial charge in [0.2, 0.25) is 5.82 Å². The van der Waals surface area contributed by atoms with E-state index in [2.05, 4.69) is 38.7 Å². The van der Waals surface area contributed by atoms with Gasteiger partial charge < -0.3 is 10.6 Å². The predicted molar refractivity (Wildman–Crippen MR) is 107 cm³/mol. The van der Waals surface area contributed by atoms with Crippen molar-refractivity contribution in [2.45, 2.75) is 20.3 Å². The minimum atomic E-state index is 0.574. The van der Waals surface area contributed by atoms with Crippen molar-refractivity contribution < 1.29 is 0 Å². The average molecular weight is 359 g/mol. The first kappa shape index (κ1) is 17.0. The average Bonchev–Trinajstić information content (AvgIpc) is 3.13. The van der Waals surface area contributed by atoms with Crippen LogP contribution < -0.4 is 10.6 Å². The number of fused-ring (bicyclic) bond motifs is 1. The zero-order valence-corrected chi connectivity index (χ0v) is 15.3. The van der Waals surface area contributed by atoms with Crippen molar-refractivity contribution in [1.29, 1.82) is 0 Å². The van der Waals surface area contributed by atoms with E-state index in [1.54, 1.807) is 12.4 Å². The molecule has 136 valence electrons. The Bertz CT molecular complexity index is 1060. The normalized spacial score (nSPS) is 10.9. The number of pyridine rings is 2. The third-order valence-corrected chi connectivity index (χ3v) is 4.25. The fraction of sp³-hybridized carbons (Fsp3) is 0.200. The molecule has 0 saturated heterocycles. The summed E-state index contributed by atoms with van der Waals surface area (Å²) in [6.45, 7) is 4.99. The number of aryl methyl sites for hydroxylation is 1. The van der Waals surface area contributed by atoms with Gasteiger partial charge in [0.05, 0.1) is 0 Å². The lowest BCUT2D eigenvalue weighted by atomic mass is 10.2. The maximum atomic E-state index is 4.78.